The summed E-state index contributed by atoms with van der Waals surface area (Å²) in [6.45, 7) is 8.45. The number of hydrogen-bond donors (Lipinski definition) is 4. The number of carbonyl (C=O) groups is 2. The van der Waals surface area contributed by atoms with E-state index in [0.717, 1.165) is 29.5 Å². The number of nitrogens with zero attached hydrogens (tertiary/aromatic N) is 1. The molecule has 8 nitrogen and oxygen atoms in total. The largest absolute Gasteiger partial charge is 0.466 e. The maximum absolute atomic E-state index is 12.7. The van der Waals surface area contributed by atoms with Crippen molar-refractivity contribution < 1.29 is 24.6 Å². The molecule has 8 heteroatoms. The van der Waals surface area contributed by atoms with Gasteiger partial charge in [0.1, 0.15) is 5.84 Å². The maximum Gasteiger partial charge on any atom is 0.408 e. The number of unbranched alkanes of at least 4 members (excludes halogenated alkanes) is 1. The molecule has 1 aliphatic rings. The first kappa shape index (κ1) is 23.7. The Morgan fingerprint density at radius 2 is 2.07 bits per heavy atom. The average Bonchev–Trinajstić information content (AvgIpc) is 2.67. The molecule has 1 unspecified atom stereocenters. The highest BCUT2D eigenvalue weighted by molar-refractivity contribution is 5.97. The van der Waals surface area contributed by atoms with Crippen LogP contribution in [0, 0.1) is 18.3 Å². The Labute approximate surface area is 177 Å². The van der Waals surface area contributed by atoms with Gasteiger partial charge in [-0.3, -0.25) is 25.8 Å². The standard InChI is InChI=1S/C22H33N3O5/c1-5-6-11-30-19(26)13-22(12-14(2)3)18-8-7-17(20(23)24-29)15(4)16(18)9-10-25(22)21(27)28/h7-8,14,29H,5-6,9-13H2,1-4H3,(H2,23,24)(H,27,28). The molecule has 1 aromatic rings. The number of amides is 1. The number of carboxylic acid groups (broad SMARTS) is 1. The summed E-state index contributed by atoms with van der Waals surface area (Å²) in [6, 6.07) is 3.49. The second kappa shape index (κ2) is 9.93. The predicted octanol–water partition coefficient (Wildman–Crippen LogP) is 3.81. The average molecular weight is 420 g/mol. The first-order valence-corrected chi connectivity index (χ1v) is 10.5. The molecule has 0 aromatic heterocycles. The summed E-state index contributed by atoms with van der Waals surface area (Å²) in [5.74, 6) is -0.391. The first-order valence-electron chi connectivity index (χ1n) is 10.5. The molecular weight excluding hydrogens is 386 g/mol. The number of amidine groups is 1. The van der Waals surface area contributed by atoms with Crippen LogP contribution < -0.4 is 5.48 Å². The van der Waals surface area contributed by atoms with Gasteiger partial charge in [0, 0.05) is 12.1 Å². The van der Waals surface area contributed by atoms with Crippen LogP contribution in [-0.4, -0.2) is 46.3 Å². The summed E-state index contributed by atoms with van der Waals surface area (Å²) >= 11 is 0. The second-order valence-corrected chi connectivity index (χ2v) is 8.32. The van der Waals surface area contributed by atoms with E-state index in [-0.39, 0.29) is 24.7 Å². The van der Waals surface area contributed by atoms with Gasteiger partial charge in [0.15, 0.2) is 0 Å². The lowest BCUT2D eigenvalue weighted by atomic mass is 9.72. The number of fused-ring (bicyclic) bond motifs is 1. The molecule has 2 rings (SSSR count). The van der Waals surface area contributed by atoms with E-state index in [0.29, 0.717) is 25.0 Å². The summed E-state index contributed by atoms with van der Waals surface area (Å²) in [4.78, 5) is 26.3. The molecule has 0 saturated heterocycles. The van der Waals surface area contributed by atoms with Crippen molar-refractivity contribution in [2.45, 2.75) is 65.3 Å². The van der Waals surface area contributed by atoms with Gasteiger partial charge in [-0.25, -0.2) is 4.79 Å². The van der Waals surface area contributed by atoms with Crippen molar-refractivity contribution in [1.29, 1.82) is 5.41 Å². The van der Waals surface area contributed by atoms with E-state index >= 15 is 0 Å². The number of nitrogens with one attached hydrogen (secondary N) is 2. The van der Waals surface area contributed by atoms with Crippen LogP contribution in [0.25, 0.3) is 0 Å². The van der Waals surface area contributed by atoms with Crippen LogP contribution in [0.3, 0.4) is 0 Å². The highest BCUT2D eigenvalue weighted by Gasteiger charge is 2.48. The van der Waals surface area contributed by atoms with Crippen LogP contribution in [0.2, 0.25) is 0 Å². The van der Waals surface area contributed by atoms with E-state index in [2.05, 4.69) is 0 Å². The molecule has 0 bridgehead atoms. The number of benzene rings is 1. The Morgan fingerprint density at radius 3 is 2.63 bits per heavy atom. The Kier molecular flexibility index (Phi) is 7.83. The van der Waals surface area contributed by atoms with E-state index in [1.54, 1.807) is 12.1 Å². The second-order valence-electron chi connectivity index (χ2n) is 8.32. The van der Waals surface area contributed by atoms with Crippen LogP contribution in [0.4, 0.5) is 4.79 Å². The number of hydroxylamine groups is 1. The molecule has 0 aliphatic carbocycles. The van der Waals surface area contributed by atoms with Crippen molar-refractivity contribution in [3.8, 4) is 0 Å². The Hall–Kier alpha value is -2.61. The van der Waals surface area contributed by atoms with E-state index in [1.807, 2.05) is 33.2 Å². The lowest BCUT2D eigenvalue weighted by molar-refractivity contribution is -0.147. The number of carbonyl (C=O) groups excluding carboxylic acids is 1. The Bertz CT molecular complexity index is 808. The lowest BCUT2D eigenvalue weighted by Crippen LogP contribution is -2.55. The van der Waals surface area contributed by atoms with Gasteiger partial charge in [0.2, 0.25) is 0 Å². The quantitative estimate of drug-likeness (QED) is 0.167. The first-order chi connectivity index (χ1) is 14.2. The molecule has 4 N–H and O–H groups in total. The van der Waals surface area contributed by atoms with Gasteiger partial charge in [-0.2, -0.15) is 0 Å². The van der Waals surface area contributed by atoms with Gasteiger partial charge < -0.3 is 9.84 Å². The molecule has 1 heterocycles. The van der Waals surface area contributed by atoms with Crippen LogP contribution >= 0.6 is 0 Å². The summed E-state index contributed by atoms with van der Waals surface area (Å²) in [7, 11) is 0. The Morgan fingerprint density at radius 1 is 1.37 bits per heavy atom. The van der Waals surface area contributed by atoms with Crippen LogP contribution in [-0.2, 0) is 21.5 Å². The van der Waals surface area contributed by atoms with Gasteiger partial charge in [0.05, 0.1) is 18.6 Å². The van der Waals surface area contributed by atoms with E-state index in [1.165, 1.54) is 4.90 Å². The molecular formula is C22H33N3O5. The summed E-state index contributed by atoms with van der Waals surface area (Å²) < 4.78 is 5.41. The molecule has 30 heavy (non-hydrogen) atoms. The lowest BCUT2D eigenvalue weighted by Gasteiger charge is -2.48. The van der Waals surface area contributed by atoms with Crippen LogP contribution in [0.1, 0.15) is 68.7 Å². The van der Waals surface area contributed by atoms with E-state index in [9.17, 15) is 14.7 Å². The van der Waals surface area contributed by atoms with Crippen molar-refractivity contribution in [1.82, 2.24) is 10.4 Å². The van der Waals surface area contributed by atoms with Crippen molar-refractivity contribution in [2.75, 3.05) is 13.2 Å². The zero-order valence-corrected chi connectivity index (χ0v) is 18.2. The van der Waals surface area contributed by atoms with Gasteiger partial charge in [0.25, 0.3) is 0 Å². The van der Waals surface area contributed by atoms with Crippen molar-refractivity contribution in [3.05, 3.63) is 34.4 Å². The monoisotopic (exact) mass is 419 g/mol. The summed E-state index contributed by atoms with van der Waals surface area (Å²) in [5, 5.41) is 27.1. The molecule has 1 atom stereocenters. The summed E-state index contributed by atoms with van der Waals surface area (Å²) in [6.07, 6.45) is 1.51. The smallest absolute Gasteiger partial charge is 0.408 e. The number of hydrogen-bond acceptors (Lipinski definition) is 5. The fourth-order valence-electron chi connectivity index (χ4n) is 4.49. The highest BCUT2D eigenvalue weighted by atomic mass is 16.5. The topological polar surface area (TPSA) is 123 Å². The van der Waals surface area contributed by atoms with Crippen molar-refractivity contribution >= 4 is 17.9 Å². The fourth-order valence-corrected chi connectivity index (χ4v) is 4.49. The summed E-state index contributed by atoms with van der Waals surface area (Å²) in [5.41, 5.74) is 3.89. The third kappa shape index (κ3) is 4.75. The van der Waals surface area contributed by atoms with Gasteiger partial charge in [-0.1, -0.05) is 39.3 Å². The maximum atomic E-state index is 12.7. The minimum Gasteiger partial charge on any atom is -0.466 e. The third-order valence-corrected chi connectivity index (χ3v) is 5.76. The normalized spacial score (nSPS) is 18.1. The minimum absolute atomic E-state index is 0.0529. The molecule has 1 amide bonds. The van der Waals surface area contributed by atoms with Crippen molar-refractivity contribution in [3.63, 3.8) is 0 Å². The minimum atomic E-state index is -1.06. The molecule has 0 fully saturated rings. The van der Waals surface area contributed by atoms with Gasteiger partial charge in [-0.05, 0) is 48.8 Å². The third-order valence-electron chi connectivity index (χ3n) is 5.76. The SMILES string of the molecule is CCCCOC(=O)CC1(CC(C)C)c2ccc(C(=N)NO)c(C)c2CCN1C(=O)O. The van der Waals surface area contributed by atoms with Crippen molar-refractivity contribution in [2.24, 2.45) is 5.92 Å². The van der Waals surface area contributed by atoms with E-state index in [4.69, 9.17) is 15.4 Å². The zero-order valence-electron chi connectivity index (χ0n) is 18.2. The fraction of sp³-hybridized carbons (Fsp3) is 0.591. The van der Waals surface area contributed by atoms with Crippen LogP contribution in [0.15, 0.2) is 12.1 Å². The van der Waals surface area contributed by atoms with Gasteiger partial charge >= 0.3 is 12.1 Å². The van der Waals surface area contributed by atoms with E-state index < -0.39 is 17.6 Å². The number of esters is 1. The van der Waals surface area contributed by atoms with Crippen LogP contribution in [0.5, 0.6) is 0 Å². The zero-order chi connectivity index (χ0) is 22.5. The number of rotatable bonds is 8. The predicted molar refractivity (Wildman–Crippen MR) is 113 cm³/mol. The molecule has 0 spiro atoms. The Balaban J connectivity index is 2.60. The molecule has 166 valence electrons. The molecule has 0 radical (unpaired) electrons. The molecule has 1 aromatic carbocycles. The molecule has 1 aliphatic heterocycles. The number of ether oxygens (including phenoxy) is 1. The molecule has 0 saturated carbocycles. The van der Waals surface area contributed by atoms with Gasteiger partial charge in [-0.15, -0.1) is 0 Å². The highest BCUT2D eigenvalue weighted by Crippen LogP contribution is 2.45.